The first-order valence-electron chi connectivity index (χ1n) is 5.30. The molecule has 0 saturated heterocycles. The molecule has 0 spiro atoms. The summed E-state index contributed by atoms with van der Waals surface area (Å²) in [6, 6.07) is 7.57. The molecule has 0 bridgehead atoms. The highest BCUT2D eigenvalue weighted by Crippen LogP contribution is 2.23. The van der Waals surface area contributed by atoms with Crippen LogP contribution in [0, 0.1) is 0 Å². The van der Waals surface area contributed by atoms with E-state index in [1.54, 1.807) is 11.8 Å². The number of carbonyl (C=O) groups excluding carboxylic acids is 1. The van der Waals surface area contributed by atoms with Crippen molar-refractivity contribution in [2.45, 2.75) is 6.54 Å². The molecule has 1 aromatic heterocycles. The lowest BCUT2D eigenvalue weighted by molar-refractivity contribution is 0.0960. The lowest BCUT2D eigenvalue weighted by Crippen LogP contribution is -2.15. The summed E-state index contributed by atoms with van der Waals surface area (Å²) in [6.07, 6.45) is 1.85. The van der Waals surface area contributed by atoms with Crippen LogP contribution in [0.2, 0.25) is 0 Å². The molecule has 1 N–H and O–H groups in total. The van der Waals surface area contributed by atoms with Gasteiger partial charge in [0.15, 0.2) is 5.69 Å². The number of carbonyl (C=O) groups is 1. The molecule has 1 aromatic carbocycles. The summed E-state index contributed by atoms with van der Waals surface area (Å²) in [4.78, 5) is 11.4. The van der Waals surface area contributed by atoms with Gasteiger partial charge in [-0.3, -0.25) is 4.79 Å². The SMILES string of the molecule is COc1ccccc1-n1cc2c(n1)C(=O)NC2. The van der Waals surface area contributed by atoms with Crippen molar-refractivity contribution in [1.29, 1.82) is 0 Å². The molecular formula is C12H11N3O2. The molecule has 1 aliphatic heterocycles. The molecule has 1 amide bonds. The molecule has 0 atom stereocenters. The molecule has 3 rings (SSSR count). The van der Waals surface area contributed by atoms with Gasteiger partial charge in [-0.1, -0.05) is 12.1 Å². The molecule has 17 heavy (non-hydrogen) atoms. The summed E-state index contributed by atoms with van der Waals surface area (Å²) in [5.41, 5.74) is 2.24. The van der Waals surface area contributed by atoms with E-state index in [2.05, 4.69) is 10.4 Å². The number of hydrogen-bond donors (Lipinski definition) is 1. The standard InChI is InChI=1S/C12H11N3O2/c1-17-10-5-3-2-4-9(10)15-7-8-6-13-12(16)11(8)14-15/h2-5,7H,6H2,1H3,(H,13,16). The van der Waals surface area contributed by atoms with E-state index in [1.165, 1.54) is 0 Å². The lowest BCUT2D eigenvalue weighted by atomic mass is 10.3. The van der Waals surface area contributed by atoms with Gasteiger partial charge in [-0.2, -0.15) is 5.10 Å². The van der Waals surface area contributed by atoms with Crippen LogP contribution in [0.25, 0.3) is 5.69 Å². The van der Waals surface area contributed by atoms with Crippen LogP contribution < -0.4 is 10.1 Å². The van der Waals surface area contributed by atoms with Crippen molar-refractivity contribution < 1.29 is 9.53 Å². The van der Waals surface area contributed by atoms with Crippen LogP contribution in [0.5, 0.6) is 5.75 Å². The number of para-hydroxylation sites is 2. The summed E-state index contributed by atoms with van der Waals surface area (Å²) < 4.78 is 6.95. The maximum Gasteiger partial charge on any atom is 0.272 e. The Morgan fingerprint density at radius 3 is 3.00 bits per heavy atom. The van der Waals surface area contributed by atoms with Crippen molar-refractivity contribution in [2.24, 2.45) is 0 Å². The highest BCUT2D eigenvalue weighted by molar-refractivity contribution is 5.96. The topological polar surface area (TPSA) is 56.2 Å². The summed E-state index contributed by atoms with van der Waals surface area (Å²) in [7, 11) is 1.61. The Morgan fingerprint density at radius 2 is 2.24 bits per heavy atom. The number of nitrogens with zero attached hydrogens (tertiary/aromatic N) is 2. The monoisotopic (exact) mass is 229 g/mol. The average molecular weight is 229 g/mol. The van der Waals surface area contributed by atoms with Crippen LogP contribution in [0.4, 0.5) is 0 Å². The van der Waals surface area contributed by atoms with Crippen molar-refractivity contribution >= 4 is 5.91 Å². The Bertz CT molecular complexity index is 589. The third-order valence-electron chi connectivity index (χ3n) is 2.78. The molecule has 0 aliphatic carbocycles. The maximum atomic E-state index is 11.4. The normalized spacial score (nSPS) is 13.4. The third-order valence-corrected chi connectivity index (χ3v) is 2.78. The first kappa shape index (κ1) is 9.89. The van der Waals surface area contributed by atoms with Gasteiger partial charge < -0.3 is 10.1 Å². The zero-order valence-corrected chi connectivity index (χ0v) is 9.30. The number of ether oxygens (including phenoxy) is 1. The van der Waals surface area contributed by atoms with Crippen molar-refractivity contribution in [3.05, 3.63) is 41.7 Å². The van der Waals surface area contributed by atoms with E-state index >= 15 is 0 Å². The van der Waals surface area contributed by atoms with Gasteiger partial charge in [-0.05, 0) is 12.1 Å². The summed E-state index contributed by atoms with van der Waals surface area (Å²) in [5.74, 6) is 0.614. The molecule has 0 radical (unpaired) electrons. The van der Waals surface area contributed by atoms with Crippen LogP contribution in [-0.2, 0) is 6.54 Å². The number of benzene rings is 1. The quantitative estimate of drug-likeness (QED) is 0.839. The molecule has 86 valence electrons. The number of rotatable bonds is 2. The summed E-state index contributed by atoms with van der Waals surface area (Å²) in [6.45, 7) is 0.545. The van der Waals surface area contributed by atoms with Crippen molar-refractivity contribution in [3.8, 4) is 11.4 Å². The molecular weight excluding hydrogens is 218 g/mol. The third kappa shape index (κ3) is 1.47. The van der Waals surface area contributed by atoms with Gasteiger partial charge in [-0.15, -0.1) is 0 Å². The lowest BCUT2D eigenvalue weighted by Gasteiger charge is -2.07. The number of aromatic nitrogens is 2. The van der Waals surface area contributed by atoms with Crippen molar-refractivity contribution in [1.82, 2.24) is 15.1 Å². The van der Waals surface area contributed by atoms with Gasteiger partial charge in [-0.25, -0.2) is 4.68 Å². The number of hydrogen-bond acceptors (Lipinski definition) is 3. The second kappa shape index (κ2) is 3.62. The van der Waals surface area contributed by atoms with Gasteiger partial charge >= 0.3 is 0 Å². The predicted molar refractivity (Wildman–Crippen MR) is 61.3 cm³/mol. The summed E-state index contributed by atoms with van der Waals surface area (Å²) >= 11 is 0. The fourth-order valence-electron chi connectivity index (χ4n) is 1.93. The summed E-state index contributed by atoms with van der Waals surface area (Å²) in [5, 5.41) is 7.00. The molecule has 0 fully saturated rings. The van der Waals surface area contributed by atoms with Crippen LogP contribution in [-0.4, -0.2) is 22.8 Å². The zero-order valence-electron chi connectivity index (χ0n) is 9.30. The number of fused-ring (bicyclic) bond motifs is 1. The molecule has 0 saturated carbocycles. The smallest absolute Gasteiger partial charge is 0.272 e. The van der Waals surface area contributed by atoms with E-state index in [-0.39, 0.29) is 5.91 Å². The molecule has 2 aromatic rings. The molecule has 0 unspecified atom stereocenters. The van der Waals surface area contributed by atoms with Crippen LogP contribution in [0.1, 0.15) is 16.1 Å². The van der Waals surface area contributed by atoms with Gasteiger partial charge in [0.1, 0.15) is 11.4 Å². The van der Waals surface area contributed by atoms with Crippen LogP contribution in [0.15, 0.2) is 30.5 Å². The largest absolute Gasteiger partial charge is 0.494 e. The van der Waals surface area contributed by atoms with Gasteiger partial charge in [0.25, 0.3) is 5.91 Å². The Balaban J connectivity index is 2.10. The average Bonchev–Trinajstić information content (AvgIpc) is 2.92. The number of methoxy groups -OCH3 is 1. The van der Waals surface area contributed by atoms with E-state index in [0.717, 1.165) is 17.0 Å². The van der Waals surface area contributed by atoms with E-state index in [4.69, 9.17) is 4.74 Å². The fraction of sp³-hybridized carbons (Fsp3) is 0.167. The first-order valence-corrected chi connectivity index (χ1v) is 5.30. The molecule has 1 aliphatic rings. The second-order valence-electron chi connectivity index (χ2n) is 3.80. The Kier molecular flexibility index (Phi) is 2.11. The molecule has 5 heteroatoms. The first-order chi connectivity index (χ1) is 8.29. The maximum absolute atomic E-state index is 11.4. The Morgan fingerprint density at radius 1 is 1.41 bits per heavy atom. The van der Waals surface area contributed by atoms with Crippen molar-refractivity contribution in [2.75, 3.05) is 7.11 Å². The fourth-order valence-corrected chi connectivity index (χ4v) is 1.93. The van der Waals surface area contributed by atoms with E-state index < -0.39 is 0 Å². The zero-order chi connectivity index (χ0) is 11.8. The Labute approximate surface area is 98.0 Å². The minimum absolute atomic E-state index is 0.117. The van der Waals surface area contributed by atoms with Crippen molar-refractivity contribution in [3.63, 3.8) is 0 Å². The Hall–Kier alpha value is -2.30. The number of nitrogens with one attached hydrogen (secondary N) is 1. The molecule has 5 nitrogen and oxygen atoms in total. The van der Waals surface area contributed by atoms with E-state index in [1.807, 2.05) is 30.5 Å². The van der Waals surface area contributed by atoms with E-state index in [9.17, 15) is 4.79 Å². The molecule has 2 heterocycles. The van der Waals surface area contributed by atoms with E-state index in [0.29, 0.717) is 12.2 Å². The van der Waals surface area contributed by atoms with Gasteiger partial charge in [0, 0.05) is 18.3 Å². The minimum atomic E-state index is -0.117. The van der Waals surface area contributed by atoms with Gasteiger partial charge in [0.05, 0.1) is 7.11 Å². The highest BCUT2D eigenvalue weighted by atomic mass is 16.5. The minimum Gasteiger partial charge on any atom is -0.494 e. The highest BCUT2D eigenvalue weighted by Gasteiger charge is 2.23. The van der Waals surface area contributed by atoms with Crippen LogP contribution in [0.3, 0.4) is 0 Å². The number of amides is 1. The van der Waals surface area contributed by atoms with Gasteiger partial charge in [0.2, 0.25) is 0 Å². The van der Waals surface area contributed by atoms with Crippen LogP contribution >= 0.6 is 0 Å². The second-order valence-corrected chi connectivity index (χ2v) is 3.80. The predicted octanol–water partition coefficient (Wildman–Crippen LogP) is 1.12.